The minimum absolute atomic E-state index is 0.166. The SMILES string of the molecule is C[C@H](NC(=O)CN1CCOCC1)C(=O)N[C@@H](Cc1ccc(OC2CC2)cc1)C(=O)N[C@@H](CC1=CCCC1)C(=C=O)[C@]1(C)CO1. The van der Waals surface area contributed by atoms with Gasteiger partial charge in [-0.2, -0.15) is 0 Å². The van der Waals surface area contributed by atoms with Crippen molar-refractivity contribution in [3.8, 4) is 5.75 Å². The number of amides is 3. The highest BCUT2D eigenvalue weighted by Crippen LogP contribution is 2.37. The normalized spacial score (nSPS) is 23.4. The Morgan fingerprint density at radius 3 is 2.36 bits per heavy atom. The van der Waals surface area contributed by atoms with Crippen LogP contribution in [0.15, 0.2) is 41.5 Å². The Balaban J connectivity index is 1.28. The van der Waals surface area contributed by atoms with Crippen LogP contribution in [-0.2, 0) is 35.1 Å². The number of carbonyl (C=O) groups is 3. The minimum Gasteiger partial charge on any atom is -0.490 e. The van der Waals surface area contributed by atoms with Gasteiger partial charge in [-0.15, -0.1) is 0 Å². The quantitative estimate of drug-likeness (QED) is 0.155. The zero-order valence-electron chi connectivity index (χ0n) is 25.7. The number of hydrogen-bond donors (Lipinski definition) is 3. The first kappa shape index (κ1) is 31.9. The van der Waals surface area contributed by atoms with Crippen LogP contribution in [0.2, 0.25) is 0 Å². The van der Waals surface area contributed by atoms with Crippen molar-refractivity contribution < 1.29 is 33.4 Å². The van der Waals surface area contributed by atoms with E-state index < -0.39 is 35.5 Å². The maximum Gasteiger partial charge on any atom is 0.243 e. The van der Waals surface area contributed by atoms with Crippen LogP contribution in [0.5, 0.6) is 5.75 Å². The molecule has 11 nitrogen and oxygen atoms in total. The number of rotatable bonds is 15. The summed E-state index contributed by atoms with van der Waals surface area (Å²) < 4.78 is 16.8. The van der Waals surface area contributed by atoms with E-state index in [4.69, 9.17) is 14.2 Å². The molecule has 0 spiro atoms. The highest BCUT2D eigenvalue weighted by molar-refractivity contribution is 5.92. The first-order valence-electron chi connectivity index (χ1n) is 15.8. The Morgan fingerprint density at radius 2 is 1.75 bits per heavy atom. The third-order valence-corrected chi connectivity index (χ3v) is 8.59. The van der Waals surface area contributed by atoms with E-state index in [1.54, 1.807) is 6.92 Å². The van der Waals surface area contributed by atoms with E-state index in [9.17, 15) is 19.2 Å². The second-order valence-corrected chi connectivity index (χ2v) is 12.5. The van der Waals surface area contributed by atoms with Gasteiger partial charge in [0.15, 0.2) is 0 Å². The number of carbonyl (C=O) groups excluding carboxylic acids is 4. The van der Waals surface area contributed by atoms with Gasteiger partial charge in [0.2, 0.25) is 17.7 Å². The van der Waals surface area contributed by atoms with Gasteiger partial charge < -0.3 is 30.2 Å². The number of epoxide rings is 1. The molecule has 11 heteroatoms. The number of nitrogens with one attached hydrogen (secondary N) is 3. The van der Waals surface area contributed by atoms with Crippen LogP contribution >= 0.6 is 0 Å². The lowest BCUT2D eigenvalue weighted by Crippen LogP contribution is -2.56. The van der Waals surface area contributed by atoms with Gasteiger partial charge in [-0.25, -0.2) is 4.79 Å². The standard InChI is InChI=1S/C33H44N4O7/c1-22(34-30(39)19-37-13-15-42-16-14-37)31(40)36-29(18-24-7-9-25(10-8-24)44-26-11-12-26)32(41)35-28(17-23-5-3-4-6-23)27(20-38)33(2)21-43-33/h5,7-10,22,26,28-29H,3-4,6,11-19,21H2,1-2H3,(H,34,39)(H,35,41)(H,36,40)/t22-,28-,29-,33-/m0/s1. The molecule has 2 aliphatic carbocycles. The monoisotopic (exact) mass is 608 g/mol. The number of nitrogens with zero attached hydrogens (tertiary/aromatic N) is 1. The summed E-state index contributed by atoms with van der Waals surface area (Å²) >= 11 is 0. The van der Waals surface area contributed by atoms with Gasteiger partial charge in [-0.05, 0) is 70.1 Å². The van der Waals surface area contributed by atoms with Gasteiger partial charge in [0, 0.05) is 19.5 Å². The van der Waals surface area contributed by atoms with Crippen molar-refractivity contribution in [2.45, 2.75) is 88.6 Å². The van der Waals surface area contributed by atoms with Crippen molar-refractivity contribution in [1.82, 2.24) is 20.9 Å². The first-order valence-corrected chi connectivity index (χ1v) is 15.8. The van der Waals surface area contributed by atoms with E-state index in [-0.39, 0.29) is 25.0 Å². The van der Waals surface area contributed by atoms with E-state index in [2.05, 4.69) is 28.0 Å². The fraction of sp³-hybridized carbons (Fsp3) is 0.606. The topological polar surface area (TPSA) is 139 Å². The number of hydrogen-bond acceptors (Lipinski definition) is 8. The predicted molar refractivity (Wildman–Crippen MR) is 163 cm³/mol. The smallest absolute Gasteiger partial charge is 0.243 e. The maximum absolute atomic E-state index is 13.9. The largest absolute Gasteiger partial charge is 0.490 e. The van der Waals surface area contributed by atoms with Gasteiger partial charge in [0.05, 0.1) is 44.1 Å². The van der Waals surface area contributed by atoms with Crippen molar-refractivity contribution in [3.63, 3.8) is 0 Å². The summed E-state index contributed by atoms with van der Waals surface area (Å²) in [7, 11) is 0. The number of ether oxygens (including phenoxy) is 3. The van der Waals surface area contributed by atoms with Crippen LogP contribution in [0.4, 0.5) is 0 Å². The number of allylic oxidation sites excluding steroid dienone is 1. The molecular weight excluding hydrogens is 564 g/mol. The summed E-state index contributed by atoms with van der Waals surface area (Å²) in [6.07, 6.45) is 8.14. The van der Waals surface area contributed by atoms with Crippen LogP contribution in [0.3, 0.4) is 0 Å². The molecule has 1 aromatic carbocycles. The van der Waals surface area contributed by atoms with Crippen LogP contribution in [-0.4, -0.2) is 97.8 Å². The third kappa shape index (κ3) is 9.01. The van der Waals surface area contributed by atoms with E-state index in [0.717, 1.165) is 43.4 Å². The van der Waals surface area contributed by atoms with Crippen molar-refractivity contribution in [1.29, 1.82) is 0 Å². The van der Waals surface area contributed by atoms with Gasteiger partial charge in [0.25, 0.3) is 0 Å². The Morgan fingerprint density at radius 1 is 1.05 bits per heavy atom. The van der Waals surface area contributed by atoms with Crippen LogP contribution in [0.25, 0.3) is 0 Å². The predicted octanol–water partition coefficient (Wildman–Crippen LogP) is 1.62. The molecule has 0 bridgehead atoms. The molecule has 44 heavy (non-hydrogen) atoms. The van der Waals surface area contributed by atoms with E-state index in [1.165, 1.54) is 5.57 Å². The van der Waals surface area contributed by atoms with Gasteiger partial charge in [-0.1, -0.05) is 23.8 Å². The Kier molecular flexibility index (Phi) is 10.5. The minimum atomic E-state index is -0.961. The molecule has 3 fully saturated rings. The molecule has 3 amide bonds. The Bertz CT molecular complexity index is 1280. The van der Waals surface area contributed by atoms with Gasteiger partial charge >= 0.3 is 0 Å². The molecule has 3 N–H and O–H groups in total. The molecule has 1 aromatic rings. The van der Waals surface area contributed by atoms with Gasteiger partial charge in [-0.3, -0.25) is 19.3 Å². The lowest BCUT2D eigenvalue weighted by Gasteiger charge is -2.28. The average molecular weight is 609 g/mol. The second kappa shape index (κ2) is 14.5. The molecule has 0 aromatic heterocycles. The highest BCUT2D eigenvalue weighted by Gasteiger charge is 2.48. The van der Waals surface area contributed by atoms with Crippen LogP contribution in [0, 0.1) is 0 Å². The number of benzene rings is 1. The maximum atomic E-state index is 13.9. The molecule has 0 radical (unpaired) electrons. The van der Waals surface area contributed by atoms with E-state index >= 15 is 0 Å². The zero-order valence-corrected chi connectivity index (χ0v) is 25.7. The van der Waals surface area contributed by atoms with Crippen molar-refractivity contribution in [2.75, 3.05) is 39.5 Å². The fourth-order valence-corrected chi connectivity index (χ4v) is 5.63. The molecule has 2 saturated heterocycles. The summed E-state index contributed by atoms with van der Waals surface area (Å²) in [5.41, 5.74) is 1.62. The van der Waals surface area contributed by atoms with E-state index in [0.29, 0.717) is 44.9 Å². The molecule has 1 saturated carbocycles. The lowest BCUT2D eigenvalue weighted by atomic mass is 9.90. The molecule has 2 heterocycles. The first-order chi connectivity index (χ1) is 21.2. The van der Waals surface area contributed by atoms with E-state index in [1.807, 2.05) is 36.1 Å². The van der Waals surface area contributed by atoms with Crippen molar-refractivity contribution in [2.24, 2.45) is 0 Å². The molecule has 4 aliphatic rings. The summed E-state index contributed by atoms with van der Waals surface area (Å²) in [6, 6.07) is 5.06. The Hall–Kier alpha value is -3.50. The summed E-state index contributed by atoms with van der Waals surface area (Å²) in [4.78, 5) is 54.0. The summed E-state index contributed by atoms with van der Waals surface area (Å²) in [6.45, 7) is 6.41. The zero-order chi connectivity index (χ0) is 31.1. The second-order valence-electron chi connectivity index (χ2n) is 12.5. The Labute approximate surface area is 258 Å². The fourth-order valence-electron chi connectivity index (χ4n) is 5.63. The third-order valence-electron chi connectivity index (χ3n) is 8.59. The summed E-state index contributed by atoms with van der Waals surface area (Å²) in [5.74, 6) is 1.64. The molecule has 0 unspecified atom stereocenters. The molecule has 4 atom stereocenters. The van der Waals surface area contributed by atoms with Crippen molar-refractivity contribution in [3.05, 3.63) is 47.1 Å². The lowest BCUT2D eigenvalue weighted by molar-refractivity contribution is -0.132. The number of morpholine rings is 1. The highest BCUT2D eigenvalue weighted by atomic mass is 16.6. The van der Waals surface area contributed by atoms with Crippen molar-refractivity contribution >= 4 is 23.7 Å². The van der Waals surface area contributed by atoms with Gasteiger partial charge in [0.1, 0.15) is 29.4 Å². The molecule has 2 aliphatic heterocycles. The summed E-state index contributed by atoms with van der Waals surface area (Å²) in [5, 5.41) is 8.65. The average Bonchev–Trinajstić information content (AvgIpc) is 3.92. The van der Waals surface area contributed by atoms with Crippen LogP contribution in [0.1, 0.15) is 57.9 Å². The molecule has 238 valence electrons. The molecule has 5 rings (SSSR count). The van der Waals surface area contributed by atoms with Crippen LogP contribution < -0.4 is 20.7 Å². The molecular formula is C33H44N4O7.